The number of aryl methyl sites for hydroxylation is 2. The van der Waals surface area contributed by atoms with E-state index in [0.717, 1.165) is 25.7 Å². The Morgan fingerprint density at radius 2 is 0.690 bits per heavy atom. The molecule has 0 amide bonds. The van der Waals surface area contributed by atoms with E-state index in [1.54, 1.807) is 0 Å². The number of nitrogens with one attached hydrogen (secondary N) is 2. The Balaban J connectivity index is 1.06. The van der Waals surface area contributed by atoms with Crippen molar-refractivity contribution in [3.05, 3.63) is 156 Å². The third kappa shape index (κ3) is 4.46. The van der Waals surface area contributed by atoms with Gasteiger partial charge in [-0.1, -0.05) is 109 Å². The number of hydrogen-bond donors (Lipinski definition) is 2. The van der Waals surface area contributed by atoms with Gasteiger partial charge in [-0.15, -0.1) is 0 Å². The van der Waals surface area contributed by atoms with Crippen LogP contribution in [0.3, 0.4) is 0 Å². The topological polar surface area (TPSA) is 24.1 Å². The van der Waals surface area contributed by atoms with Gasteiger partial charge in [0, 0.05) is 22.7 Å². The Kier molecular flexibility index (Phi) is 6.11. The lowest BCUT2D eigenvalue weighted by molar-refractivity contribution is 0.979. The van der Waals surface area contributed by atoms with Crippen LogP contribution < -0.4 is 10.6 Å². The number of rotatable bonds is 3. The molecule has 0 aliphatic carbocycles. The summed E-state index contributed by atoms with van der Waals surface area (Å²) in [5, 5.41) is 7.38. The third-order valence-electron chi connectivity index (χ3n) is 8.94. The van der Waals surface area contributed by atoms with E-state index >= 15 is 0 Å². The van der Waals surface area contributed by atoms with Crippen molar-refractivity contribution >= 4 is 22.7 Å². The fraction of sp³-hybridized carbons (Fsp3) is 0.100. The molecule has 6 aromatic rings. The highest BCUT2D eigenvalue weighted by molar-refractivity contribution is 5.82. The smallest absolute Gasteiger partial charge is 0.0423 e. The quantitative estimate of drug-likeness (QED) is 0.233. The molecule has 2 aliphatic rings. The van der Waals surface area contributed by atoms with Crippen LogP contribution in [0.5, 0.6) is 0 Å². The molecule has 2 N–H and O–H groups in total. The van der Waals surface area contributed by atoms with Crippen molar-refractivity contribution in [1.82, 2.24) is 0 Å². The van der Waals surface area contributed by atoms with E-state index in [-0.39, 0.29) is 0 Å². The zero-order valence-corrected chi connectivity index (χ0v) is 23.5. The number of fused-ring (bicyclic) bond motifs is 4. The Bertz CT molecular complexity index is 1770. The molecule has 0 bridgehead atoms. The molecule has 0 saturated heterocycles. The summed E-state index contributed by atoms with van der Waals surface area (Å²) in [7, 11) is 0. The second-order valence-corrected chi connectivity index (χ2v) is 11.4. The second kappa shape index (κ2) is 10.4. The Labute approximate surface area is 247 Å². The molecule has 2 nitrogen and oxygen atoms in total. The first-order valence-corrected chi connectivity index (χ1v) is 14.9. The van der Waals surface area contributed by atoms with E-state index < -0.39 is 0 Å². The first kappa shape index (κ1) is 24.7. The predicted molar refractivity (Wildman–Crippen MR) is 177 cm³/mol. The Morgan fingerprint density at radius 1 is 0.310 bits per heavy atom. The summed E-state index contributed by atoms with van der Waals surface area (Å²) in [6, 6.07) is 48.7. The van der Waals surface area contributed by atoms with Gasteiger partial charge in [-0.25, -0.2) is 0 Å². The van der Waals surface area contributed by atoms with Gasteiger partial charge in [0.2, 0.25) is 0 Å². The molecule has 0 saturated carbocycles. The van der Waals surface area contributed by atoms with Gasteiger partial charge in [-0.05, 0) is 106 Å². The van der Waals surface area contributed by atoms with E-state index in [1.165, 1.54) is 78.4 Å². The highest BCUT2D eigenvalue weighted by atomic mass is 14.9. The van der Waals surface area contributed by atoms with Crippen molar-refractivity contribution in [2.24, 2.45) is 0 Å². The number of hydrogen-bond acceptors (Lipinski definition) is 2. The summed E-state index contributed by atoms with van der Waals surface area (Å²) in [6.45, 7) is 0. The molecule has 0 atom stereocenters. The van der Waals surface area contributed by atoms with E-state index in [4.69, 9.17) is 0 Å². The predicted octanol–water partition coefficient (Wildman–Crippen LogP) is 10.4. The number of benzene rings is 6. The van der Waals surface area contributed by atoms with Crippen molar-refractivity contribution in [2.45, 2.75) is 25.7 Å². The van der Waals surface area contributed by atoms with Crippen LogP contribution in [-0.2, 0) is 25.7 Å². The van der Waals surface area contributed by atoms with E-state index in [1.807, 2.05) is 0 Å². The minimum atomic E-state index is 1.03. The fourth-order valence-corrected chi connectivity index (χ4v) is 6.70. The maximum atomic E-state index is 3.69. The van der Waals surface area contributed by atoms with Gasteiger partial charge < -0.3 is 10.6 Å². The second-order valence-electron chi connectivity index (χ2n) is 11.4. The Hall–Kier alpha value is -5.08. The maximum absolute atomic E-state index is 3.69. The summed E-state index contributed by atoms with van der Waals surface area (Å²) >= 11 is 0. The molecule has 8 rings (SSSR count). The molecule has 0 aromatic heterocycles. The molecular formula is C40H32N2. The van der Waals surface area contributed by atoms with Gasteiger partial charge in [-0.2, -0.15) is 0 Å². The molecule has 42 heavy (non-hydrogen) atoms. The first-order chi connectivity index (χ1) is 20.8. The van der Waals surface area contributed by atoms with Gasteiger partial charge in [-0.3, -0.25) is 0 Å². The molecule has 2 heteroatoms. The highest BCUT2D eigenvalue weighted by Gasteiger charge is 2.18. The van der Waals surface area contributed by atoms with Crippen LogP contribution in [0, 0.1) is 0 Å². The van der Waals surface area contributed by atoms with E-state index in [0.29, 0.717) is 0 Å². The van der Waals surface area contributed by atoms with Crippen LogP contribution in [0.1, 0.15) is 22.3 Å². The van der Waals surface area contributed by atoms with Crippen molar-refractivity contribution in [2.75, 3.05) is 10.6 Å². The molecule has 2 aliphatic heterocycles. The maximum Gasteiger partial charge on any atom is 0.0423 e. The van der Waals surface area contributed by atoms with Crippen molar-refractivity contribution in [1.29, 1.82) is 0 Å². The minimum absolute atomic E-state index is 1.03. The lowest BCUT2D eigenvalue weighted by atomic mass is 9.92. The summed E-state index contributed by atoms with van der Waals surface area (Å²) in [5.41, 5.74) is 18.1. The van der Waals surface area contributed by atoms with Crippen LogP contribution in [0.4, 0.5) is 22.7 Å². The zero-order chi connectivity index (χ0) is 27.9. The molecule has 0 radical (unpaired) electrons. The molecule has 0 fully saturated rings. The van der Waals surface area contributed by atoms with Crippen LogP contribution in [0.15, 0.2) is 133 Å². The number of anilines is 4. The molecule has 202 valence electrons. The van der Waals surface area contributed by atoms with Crippen molar-refractivity contribution < 1.29 is 0 Å². The van der Waals surface area contributed by atoms with Gasteiger partial charge in [0.05, 0.1) is 0 Å². The van der Waals surface area contributed by atoms with Gasteiger partial charge in [0.15, 0.2) is 0 Å². The van der Waals surface area contributed by atoms with Crippen LogP contribution in [-0.4, -0.2) is 0 Å². The van der Waals surface area contributed by atoms with Gasteiger partial charge >= 0.3 is 0 Å². The van der Waals surface area contributed by atoms with E-state index in [9.17, 15) is 0 Å². The standard InChI is InChI=1S/C40H32N2/c1-3-11-37-31(7-1)23-25-35-33(9-5-13-39(35)41-37)29-19-15-27(16-20-29)28-17-21-30(22-18-28)34-10-6-14-40-36(34)26-24-32-8-2-4-12-38(32)42-40/h1-22,41-42H,23-26H2. The highest BCUT2D eigenvalue weighted by Crippen LogP contribution is 2.38. The zero-order valence-electron chi connectivity index (χ0n) is 23.5. The minimum Gasteiger partial charge on any atom is -0.355 e. The van der Waals surface area contributed by atoms with E-state index in [2.05, 4.69) is 144 Å². The summed E-state index contributed by atoms with van der Waals surface area (Å²) in [4.78, 5) is 0. The summed E-state index contributed by atoms with van der Waals surface area (Å²) in [6.07, 6.45) is 4.16. The SMILES string of the molecule is c1ccc2c(c1)CCc1c(cccc1-c1ccc(-c3ccc(-c4cccc5c4CCc4ccccc4N5)cc3)cc1)N2. The monoisotopic (exact) mass is 540 g/mol. The van der Waals surface area contributed by atoms with Crippen LogP contribution in [0.2, 0.25) is 0 Å². The summed E-state index contributed by atoms with van der Waals surface area (Å²) < 4.78 is 0. The molecule has 2 heterocycles. The van der Waals surface area contributed by atoms with Crippen LogP contribution in [0.25, 0.3) is 33.4 Å². The summed E-state index contributed by atoms with van der Waals surface area (Å²) in [5.74, 6) is 0. The fourth-order valence-electron chi connectivity index (χ4n) is 6.70. The molecule has 0 unspecified atom stereocenters. The first-order valence-electron chi connectivity index (χ1n) is 14.9. The molecular weight excluding hydrogens is 508 g/mol. The Morgan fingerprint density at radius 3 is 1.14 bits per heavy atom. The van der Waals surface area contributed by atoms with Crippen molar-refractivity contribution in [3.63, 3.8) is 0 Å². The van der Waals surface area contributed by atoms with Crippen LogP contribution >= 0.6 is 0 Å². The third-order valence-corrected chi connectivity index (χ3v) is 8.94. The molecule has 0 spiro atoms. The van der Waals surface area contributed by atoms with Gasteiger partial charge in [0.25, 0.3) is 0 Å². The number of para-hydroxylation sites is 2. The van der Waals surface area contributed by atoms with Gasteiger partial charge in [0.1, 0.15) is 0 Å². The lowest BCUT2D eigenvalue weighted by Gasteiger charge is -2.15. The average molecular weight is 541 g/mol. The lowest BCUT2D eigenvalue weighted by Crippen LogP contribution is -1.96. The normalized spacial score (nSPS) is 13.2. The molecule has 6 aromatic carbocycles. The van der Waals surface area contributed by atoms with Crippen molar-refractivity contribution in [3.8, 4) is 33.4 Å². The average Bonchev–Trinajstić information content (AvgIpc) is 3.37. The largest absolute Gasteiger partial charge is 0.355 e.